The van der Waals surface area contributed by atoms with Crippen molar-refractivity contribution in [3.05, 3.63) is 7.43 Å². The van der Waals surface area contributed by atoms with Crippen molar-refractivity contribution in [3.8, 4) is 0 Å². The molecule has 0 aromatic rings. The number of likely N-dealkylation sites (N-methyl/N-ethyl adjacent to an activating group) is 1. The molecule has 0 radical (unpaired) electrons. The topological polar surface area (TPSA) is 99.2 Å². The number of quaternary nitrogens is 1. The quantitative estimate of drug-likeness (QED) is 0.188. The fourth-order valence-electron chi connectivity index (χ4n) is 3.26. The van der Waals surface area contributed by atoms with E-state index in [2.05, 4.69) is 0 Å². The molecule has 1 saturated heterocycles. The second-order valence-electron chi connectivity index (χ2n) is 10.5. The molecule has 9 nitrogen and oxygen atoms in total. The van der Waals surface area contributed by atoms with Gasteiger partial charge >= 0.3 is 11.9 Å². The Balaban J connectivity index is -0.00000320. The van der Waals surface area contributed by atoms with Crippen LogP contribution >= 0.6 is 0 Å². The van der Waals surface area contributed by atoms with Gasteiger partial charge in [0.1, 0.15) is 18.2 Å². The molecule has 1 rings (SSSR count). The average molecular weight is 491 g/mol. The molecule has 3 unspecified atom stereocenters. The van der Waals surface area contributed by atoms with Crippen molar-refractivity contribution in [2.24, 2.45) is 11.8 Å². The van der Waals surface area contributed by atoms with Crippen molar-refractivity contribution in [1.29, 1.82) is 0 Å². The minimum atomic E-state index is -0.618. The van der Waals surface area contributed by atoms with Crippen LogP contribution in [0.3, 0.4) is 0 Å². The van der Waals surface area contributed by atoms with E-state index in [1.807, 2.05) is 48.8 Å². The number of ether oxygens (including phenoxy) is 2. The maximum absolute atomic E-state index is 12.3. The third-order valence-corrected chi connectivity index (χ3v) is 4.53. The van der Waals surface area contributed by atoms with Gasteiger partial charge < -0.3 is 26.2 Å². The van der Waals surface area contributed by atoms with E-state index < -0.39 is 29.3 Å². The summed E-state index contributed by atoms with van der Waals surface area (Å²) in [5.74, 6) is -2.43. The highest BCUT2D eigenvalue weighted by Crippen LogP contribution is 2.19. The molecule has 0 spiro atoms. The molecule has 9 heteroatoms. The van der Waals surface area contributed by atoms with Crippen molar-refractivity contribution in [1.82, 2.24) is 5.06 Å². The number of esters is 1. The first kappa shape index (κ1) is 36.6. The molecule has 0 bridgehead atoms. The molecule has 1 aliphatic heterocycles. The third kappa shape index (κ3) is 14.3. The predicted octanol–water partition coefficient (Wildman–Crippen LogP) is 3.80. The van der Waals surface area contributed by atoms with Crippen LogP contribution in [0.25, 0.3) is 0 Å². The Morgan fingerprint density at radius 1 is 1.03 bits per heavy atom. The Labute approximate surface area is 207 Å². The molecule has 0 aromatic heterocycles. The number of nitrogens with zero attached hydrogens (tertiary/aromatic N) is 2. The molecular weight excluding hydrogens is 440 g/mol. The highest BCUT2D eigenvalue weighted by molar-refractivity contribution is 6.01. The van der Waals surface area contributed by atoms with Crippen molar-refractivity contribution in [2.75, 3.05) is 34.3 Å². The average Bonchev–Trinajstić information content (AvgIpc) is 2.88. The highest BCUT2D eigenvalue weighted by atomic mass is 16.7. The van der Waals surface area contributed by atoms with Crippen LogP contribution in [-0.2, 0) is 33.5 Å². The van der Waals surface area contributed by atoms with Crippen LogP contribution < -0.4 is 0 Å². The van der Waals surface area contributed by atoms with Crippen LogP contribution in [0.4, 0.5) is 0 Å². The lowest BCUT2D eigenvalue weighted by atomic mass is 9.98. The van der Waals surface area contributed by atoms with Crippen LogP contribution in [0.2, 0.25) is 0 Å². The lowest BCUT2D eigenvalue weighted by molar-refractivity contribution is -0.873. The van der Waals surface area contributed by atoms with Gasteiger partial charge in [0.05, 0.1) is 33.5 Å². The van der Waals surface area contributed by atoms with Crippen LogP contribution in [0.1, 0.15) is 75.2 Å². The largest absolute Gasteiger partial charge is 0.460 e. The summed E-state index contributed by atoms with van der Waals surface area (Å²) >= 11 is 0. The monoisotopic (exact) mass is 490 g/mol. The summed E-state index contributed by atoms with van der Waals surface area (Å²) in [6.45, 7) is 10.1. The zero-order chi connectivity index (χ0) is 24.0. The maximum atomic E-state index is 12.3. The number of imide groups is 1. The Hall–Kier alpha value is -2.00. The van der Waals surface area contributed by atoms with Gasteiger partial charge in [-0.15, -0.1) is 5.06 Å². The summed E-state index contributed by atoms with van der Waals surface area (Å²) in [4.78, 5) is 52.7. The summed E-state index contributed by atoms with van der Waals surface area (Å²) in [5, 5.41) is 0.568. The summed E-state index contributed by atoms with van der Waals surface area (Å²) in [6, 6.07) is 0. The number of hydrogen-bond acceptors (Lipinski definition) is 7. The lowest BCUT2D eigenvalue weighted by Gasteiger charge is -2.30. The van der Waals surface area contributed by atoms with Crippen molar-refractivity contribution in [3.63, 3.8) is 0 Å². The molecule has 2 amide bonds. The maximum Gasteiger partial charge on any atom is 0.335 e. The van der Waals surface area contributed by atoms with E-state index in [0.717, 1.165) is 0 Å². The standard InChI is InChI=1S/C22H39N2O7.2CH4.CH3/c1-15(11-16(2)21(28)31-23-18(25)9-10-19(23)26)14-29-17(13-24(6,7)8)12-20(27)30-22(3,4)5;;;/h15-17H,9-14H2,1-8H3;2*1H4;1H3/q+1;;;-1. The van der Waals surface area contributed by atoms with Crippen molar-refractivity contribution < 1.29 is 38.0 Å². The molecule has 0 N–H and O–H groups in total. The zero-order valence-corrected chi connectivity index (χ0v) is 21.2. The molecule has 0 aromatic carbocycles. The van der Waals surface area contributed by atoms with Crippen molar-refractivity contribution >= 4 is 23.8 Å². The molecule has 34 heavy (non-hydrogen) atoms. The smallest absolute Gasteiger partial charge is 0.335 e. The third-order valence-electron chi connectivity index (χ3n) is 4.53. The van der Waals surface area contributed by atoms with Gasteiger partial charge in [-0.3, -0.25) is 14.4 Å². The summed E-state index contributed by atoms with van der Waals surface area (Å²) in [6.07, 6.45) is 0.417. The minimum absolute atomic E-state index is 0. The van der Waals surface area contributed by atoms with E-state index in [9.17, 15) is 19.2 Å². The van der Waals surface area contributed by atoms with Gasteiger partial charge in [-0.25, -0.2) is 4.79 Å². The predicted molar refractivity (Wildman–Crippen MR) is 133 cm³/mol. The molecule has 1 fully saturated rings. The lowest BCUT2D eigenvalue weighted by Crippen LogP contribution is -2.44. The molecule has 1 heterocycles. The normalized spacial score (nSPS) is 16.4. The zero-order valence-electron chi connectivity index (χ0n) is 21.2. The van der Waals surface area contributed by atoms with Crippen LogP contribution in [0.15, 0.2) is 0 Å². The Bertz CT molecular complexity index is 649. The summed E-state index contributed by atoms with van der Waals surface area (Å²) in [7, 11) is 6.07. The van der Waals surface area contributed by atoms with E-state index in [1.54, 1.807) is 6.92 Å². The summed E-state index contributed by atoms with van der Waals surface area (Å²) < 4.78 is 12.1. The fourth-order valence-corrected chi connectivity index (χ4v) is 3.26. The minimum Gasteiger partial charge on any atom is -0.460 e. The van der Waals surface area contributed by atoms with E-state index >= 15 is 0 Å². The van der Waals surface area contributed by atoms with Crippen LogP contribution in [0.5, 0.6) is 0 Å². The van der Waals surface area contributed by atoms with Crippen LogP contribution in [0, 0.1) is 19.3 Å². The molecule has 3 atom stereocenters. The first-order chi connectivity index (χ1) is 14.1. The molecule has 0 saturated carbocycles. The van der Waals surface area contributed by atoms with Gasteiger partial charge in [-0.1, -0.05) is 28.7 Å². The number of carbonyl (C=O) groups excluding carboxylic acids is 4. The number of hydroxylamine groups is 2. The van der Waals surface area contributed by atoms with E-state index in [0.29, 0.717) is 29.1 Å². The molecule has 1 aliphatic rings. The van der Waals surface area contributed by atoms with E-state index in [-0.39, 0.29) is 59.5 Å². The van der Waals surface area contributed by atoms with Crippen LogP contribution in [-0.4, -0.2) is 79.3 Å². The first-order valence-electron chi connectivity index (χ1n) is 10.8. The Kier molecular flexibility index (Phi) is 16.2. The molecular formula is C25H50N2O7. The SMILES string of the molecule is C.C.CC(COC(CC(=O)OC(C)(C)C)C[N+](C)(C)C)CC(C)C(=O)ON1C(=O)CCC1=O.[CH3-]. The van der Waals surface area contributed by atoms with Gasteiger partial charge in [-0.05, 0) is 33.1 Å². The summed E-state index contributed by atoms with van der Waals surface area (Å²) in [5.41, 5.74) is -0.556. The number of rotatable bonds is 11. The molecule has 0 aliphatic carbocycles. The second-order valence-corrected chi connectivity index (χ2v) is 10.5. The van der Waals surface area contributed by atoms with Gasteiger partial charge in [0.15, 0.2) is 0 Å². The van der Waals surface area contributed by atoms with Crippen molar-refractivity contribution in [2.45, 2.75) is 86.9 Å². The van der Waals surface area contributed by atoms with E-state index in [4.69, 9.17) is 14.3 Å². The Morgan fingerprint density at radius 3 is 1.97 bits per heavy atom. The van der Waals surface area contributed by atoms with Gasteiger partial charge in [0.2, 0.25) is 0 Å². The van der Waals surface area contributed by atoms with Gasteiger partial charge in [0, 0.05) is 19.4 Å². The van der Waals surface area contributed by atoms with Gasteiger partial charge in [-0.2, -0.15) is 0 Å². The number of hydrogen-bond donors (Lipinski definition) is 0. The molecule has 202 valence electrons. The highest BCUT2D eigenvalue weighted by Gasteiger charge is 2.34. The number of amides is 2. The van der Waals surface area contributed by atoms with E-state index in [1.165, 1.54) is 0 Å². The van der Waals surface area contributed by atoms with Gasteiger partial charge in [0.25, 0.3) is 11.8 Å². The first-order valence-corrected chi connectivity index (χ1v) is 10.8. The second kappa shape index (κ2) is 15.1. The fraction of sp³-hybridized carbons (Fsp3) is 0.800. The Morgan fingerprint density at radius 2 is 1.53 bits per heavy atom. The number of carbonyl (C=O) groups is 4.